The van der Waals surface area contributed by atoms with E-state index in [1.165, 1.54) is 11.1 Å². The second kappa shape index (κ2) is 7.66. The molecule has 2 nitrogen and oxygen atoms in total. The van der Waals surface area contributed by atoms with Gasteiger partial charge in [-0.3, -0.25) is 0 Å². The first kappa shape index (κ1) is 16.1. The predicted octanol–water partition coefficient (Wildman–Crippen LogP) is 5.06. The molecule has 22 heavy (non-hydrogen) atoms. The maximum absolute atomic E-state index is 9.60. The number of aryl methyl sites for hydroxylation is 1. The van der Waals surface area contributed by atoms with Crippen LogP contribution in [0.4, 0.5) is 0 Å². The molecule has 2 rings (SSSR count). The van der Waals surface area contributed by atoms with Gasteiger partial charge in [-0.2, -0.15) is 5.26 Å². The van der Waals surface area contributed by atoms with Crippen LogP contribution in [0.2, 0.25) is 0 Å². The number of nitriles is 1. The highest BCUT2D eigenvalue weighted by Gasteiger charge is 2.17. The summed E-state index contributed by atoms with van der Waals surface area (Å²) in [5.41, 5.74) is 3.52. The molecular weight excluding hydrogens is 270 g/mol. The lowest BCUT2D eigenvalue weighted by Gasteiger charge is -2.16. The molecule has 2 aromatic carbocycles. The Balaban J connectivity index is 2.22. The van der Waals surface area contributed by atoms with Crippen LogP contribution in [0.15, 0.2) is 48.5 Å². The van der Waals surface area contributed by atoms with E-state index in [-0.39, 0.29) is 5.92 Å². The van der Waals surface area contributed by atoms with Crippen molar-refractivity contribution in [1.29, 1.82) is 5.26 Å². The summed E-state index contributed by atoms with van der Waals surface area (Å²) in [6, 6.07) is 18.9. The quantitative estimate of drug-likeness (QED) is 0.746. The van der Waals surface area contributed by atoms with Crippen LogP contribution in [-0.4, -0.2) is 7.11 Å². The van der Waals surface area contributed by atoms with Crippen LogP contribution in [0.1, 0.15) is 48.8 Å². The molecule has 0 saturated carbocycles. The van der Waals surface area contributed by atoms with Crippen LogP contribution in [0.25, 0.3) is 0 Å². The number of benzene rings is 2. The van der Waals surface area contributed by atoms with Crippen molar-refractivity contribution in [3.8, 4) is 11.8 Å². The fraction of sp³-hybridized carbons (Fsp3) is 0.350. The maximum Gasteiger partial charge on any atom is 0.123 e. The third kappa shape index (κ3) is 3.89. The summed E-state index contributed by atoms with van der Waals surface area (Å²) in [7, 11) is 1.67. The highest BCUT2D eigenvalue weighted by Crippen LogP contribution is 2.32. The molecule has 0 N–H and O–H groups in total. The zero-order valence-corrected chi connectivity index (χ0v) is 13.5. The van der Waals surface area contributed by atoms with Gasteiger partial charge in [0.25, 0.3) is 0 Å². The second-order valence-corrected chi connectivity index (χ2v) is 5.86. The Morgan fingerprint density at radius 2 is 1.82 bits per heavy atom. The van der Waals surface area contributed by atoms with Gasteiger partial charge in [0, 0.05) is 5.56 Å². The smallest absolute Gasteiger partial charge is 0.123 e. The minimum atomic E-state index is -0.145. The van der Waals surface area contributed by atoms with Crippen LogP contribution in [-0.2, 0) is 6.42 Å². The van der Waals surface area contributed by atoms with Crippen molar-refractivity contribution in [2.24, 2.45) is 0 Å². The van der Waals surface area contributed by atoms with Crippen LogP contribution in [0, 0.1) is 11.3 Å². The van der Waals surface area contributed by atoms with E-state index in [0.29, 0.717) is 5.92 Å². The summed E-state index contributed by atoms with van der Waals surface area (Å²) >= 11 is 0. The number of ether oxygens (including phenoxy) is 1. The van der Waals surface area contributed by atoms with E-state index in [4.69, 9.17) is 4.74 Å². The predicted molar refractivity (Wildman–Crippen MR) is 90.2 cm³/mol. The molecule has 2 heteroatoms. The summed E-state index contributed by atoms with van der Waals surface area (Å²) in [4.78, 5) is 0. The van der Waals surface area contributed by atoms with Crippen molar-refractivity contribution in [2.75, 3.05) is 7.11 Å². The van der Waals surface area contributed by atoms with Crippen molar-refractivity contribution in [3.05, 3.63) is 65.2 Å². The third-order valence-corrected chi connectivity index (χ3v) is 4.02. The van der Waals surface area contributed by atoms with Crippen molar-refractivity contribution in [3.63, 3.8) is 0 Å². The van der Waals surface area contributed by atoms with Gasteiger partial charge < -0.3 is 4.74 Å². The zero-order chi connectivity index (χ0) is 15.9. The molecule has 0 aromatic heterocycles. The lowest BCUT2D eigenvalue weighted by Crippen LogP contribution is -2.03. The normalized spacial score (nSPS) is 12.0. The summed E-state index contributed by atoms with van der Waals surface area (Å²) in [6.45, 7) is 4.33. The van der Waals surface area contributed by atoms with E-state index in [1.54, 1.807) is 7.11 Å². The molecule has 0 aliphatic heterocycles. The van der Waals surface area contributed by atoms with Crippen molar-refractivity contribution >= 4 is 0 Å². The highest BCUT2D eigenvalue weighted by molar-refractivity contribution is 5.43. The molecule has 114 valence electrons. The van der Waals surface area contributed by atoms with E-state index in [1.807, 2.05) is 24.3 Å². The average Bonchev–Trinajstić information content (AvgIpc) is 2.56. The molecule has 0 radical (unpaired) electrons. The van der Waals surface area contributed by atoms with Crippen molar-refractivity contribution in [2.45, 2.75) is 38.5 Å². The molecule has 2 aromatic rings. The van der Waals surface area contributed by atoms with Gasteiger partial charge in [0.15, 0.2) is 0 Å². The van der Waals surface area contributed by atoms with Crippen LogP contribution in [0.5, 0.6) is 5.75 Å². The summed E-state index contributed by atoms with van der Waals surface area (Å²) in [6.07, 6.45) is 1.70. The van der Waals surface area contributed by atoms with E-state index < -0.39 is 0 Å². The van der Waals surface area contributed by atoms with Gasteiger partial charge in [-0.1, -0.05) is 56.3 Å². The van der Waals surface area contributed by atoms with Crippen LogP contribution < -0.4 is 4.74 Å². The van der Waals surface area contributed by atoms with Crippen LogP contribution in [0.3, 0.4) is 0 Å². The van der Waals surface area contributed by atoms with Gasteiger partial charge in [0.05, 0.1) is 19.1 Å². The minimum Gasteiger partial charge on any atom is -0.496 e. The molecule has 0 heterocycles. The van der Waals surface area contributed by atoms with Gasteiger partial charge in [-0.05, 0) is 36.0 Å². The molecule has 0 amide bonds. The Labute approximate surface area is 133 Å². The standard InChI is InChI=1S/C20H23NO/c1-15(2)17-11-12-20(22-3)19(13-17)18(14-21)10-9-16-7-5-4-6-8-16/h4-8,11-13,15,18H,9-10H2,1-3H3. The summed E-state index contributed by atoms with van der Waals surface area (Å²) in [5, 5.41) is 9.60. The van der Waals surface area contributed by atoms with Crippen LogP contribution >= 0.6 is 0 Å². The fourth-order valence-electron chi connectivity index (χ4n) is 2.63. The molecule has 0 spiro atoms. The lowest BCUT2D eigenvalue weighted by atomic mass is 9.90. The van der Waals surface area contributed by atoms with Gasteiger partial charge >= 0.3 is 0 Å². The number of hydrogen-bond acceptors (Lipinski definition) is 2. The molecule has 0 bridgehead atoms. The van der Waals surface area contributed by atoms with E-state index in [9.17, 15) is 5.26 Å². The number of nitrogens with zero attached hydrogens (tertiary/aromatic N) is 1. The second-order valence-electron chi connectivity index (χ2n) is 5.86. The Morgan fingerprint density at radius 3 is 2.41 bits per heavy atom. The zero-order valence-electron chi connectivity index (χ0n) is 13.5. The Kier molecular flexibility index (Phi) is 5.61. The molecule has 1 unspecified atom stereocenters. The van der Waals surface area contributed by atoms with Gasteiger partial charge in [-0.25, -0.2) is 0 Å². The Hall–Kier alpha value is -2.27. The molecule has 0 aliphatic rings. The Morgan fingerprint density at radius 1 is 1.09 bits per heavy atom. The topological polar surface area (TPSA) is 33.0 Å². The summed E-state index contributed by atoms with van der Waals surface area (Å²) < 4.78 is 5.46. The summed E-state index contributed by atoms with van der Waals surface area (Å²) in [5.74, 6) is 1.11. The van der Waals surface area contributed by atoms with E-state index in [0.717, 1.165) is 24.2 Å². The molecule has 0 aliphatic carbocycles. The monoisotopic (exact) mass is 293 g/mol. The van der Waals surface area contributed by atoms with E-state index >= 15 is 0 Å². The van der Waals surface area contributed by atoms with Crippen molar-refractivity contribution in [1.82, 2.24) is 0 Å². The molecule has 0 fully saturated rings. The molecular formula is C20H23NO. The maximum atomic E-state index is 9.60. The lowest BCUT2D eigenvalue weighted by molar-refractivity contribution is 0.407. The fourth-order valence-corrected chi connectivity index (χ4v) is 2.63. The average molecular weight is 293 g/mol. The van der Waals surface area contributed by atoms with Gasteiger partial charge in [0.2, 0.25) is 0 Å². The molecule has 1 atom stereocenters. The third-order valence-electron chi connectivity index (χ3n) is 4.02. The Bertz CT molecular complexity index is 641. The number of hydrogen-bond donors (Lipinski definition) is 0. The minimum absolute atomic E-state index is 0.145. The first-order valence-corrected chi connectivity index (χ1v) is 7.77. The first-order valence-electron chi connectivity index (χ1n) is 7.77. The largest absolute Gasteiger partial charge is 0.496 e. The van der Waals surface area contributed by atoms with Gasteiger partial charge in [0.1, 0.15) is 5.75 Å². The van der Waals surface area contributed by atoms with Gasteiger partial charge in [-0.15, -0.1) is 0 Å². The first-order chi connectivity index (χ1) is 10.7. The SMILES string of the molecule is COc1ccc(C(C)C)cc1C(C#N)CCc1ccccc1. The number of methoxy groups -OCH3 is 1. The van der Waals surface area contributed by atoms with E-state index in [2.05, 4.69) is 44.2 Å². The molecule has 0 saturated heterocycles. The number of rotatable bonds is 6. The van der Waals surface area contributed by atoms with Crippen molar-refractivity contribution < 1.29 is 4.74 Å². The highest BCUT2D eigenvalue weighted by atomic mass is 16.5.